The number of thioether (sulfide) groups is 1. The number of hydrogen-bond acceptors (Lipinski definition) is 13. The van der Waals surface area contributed by atoms with E-state index in [1.165, 1.54) is 29.8 Å². The Hall–Kier alpha value is -3.46. The number of aromatic nitrogens is 2. The van der Waals surface area contributed by atoms with Crippen molar-refractivity contribution in [3.8, 4) is 0 Å². The SMILES string of the molecule is CCOC(=O)C(C)OC(=O)C1=CN2C(=O)C(NC(=O)C(=NOC3C=CCC3)c3nsc(N)n3)[C@H]2SC1C. The highest BCUT2D eigenvalue weighted by atomic mass is 32.2. The Balaban J connectivity index is 1.43. The Morgan fingerprint density at radius 2 is 2.16 bits per heavy atom. The number of anilines is 1. The molecule has 3 aliphatic rings. The lowest BCUT2D eigenvalue weighted by Crippen LogP contribution is -2.69. The Kier molecular flexibility index (Phi) is 8.12. The predicted octanol–water partition coefficient (Wildman–Crippen LogP) is 0.727. The van der Waals surface area contributed by atoms with Crippen LogP contribution in [0.4, 0.5) is 5.13 Å². The molecule has 0 spiro atoms. The summed E-state index contributed by atoms with van der Waals surface area (Å²) in [6.45, 7) is 4.99. The van der Waals surface area contributed by atoms with Gasteiger partial charge in [0.2, 0.25) is 11.5 Å². The normalized spacial score (nSPS) is 25.5. The molecule has 1 aromatic rings. The van der Waals surface area contributed by atoms with E-state index >= 15 is 0 Å². The number of nitrogens with one attached hydrogen (secondary N) is 1. The zero-order chi connectivity index (χ0) is 26.7. The quantitative estimate of drug-likeness (QED) is 0.146. The summed E-state index contributed by atoms with van der Waals surface area (Å²) in [5.41, 5.74) is 5.70. The van der Waals surface area contributed by atoms with Crippen molar-refractivity contribution in [3.63, 3.8) is 0 Å². The molecule has 198 valence electrons. The zero-order valence-electron chi connectivity index (χ0n) is 20.3. The molecule has 2 amide bonds. The Morgan fingerprint density at radius 3 is 2.81 bits per heavy atom. The van der Waals surface area contributed by atoms with Gasteiger partial charge in [-0.2, -0.15) is 9.36 Å². The fraction of sp³-hybridized carbons (Fsp3) is 0.500. The highest BCUT2D eigenvalue weighted by Crippen LogP contribution is 2.40. The van der Waals surface area contributed by atoms with Gasteiger partial charge in [0.05, 0.1) is 12.2 Å². The van der Waals surface area contributed by atoms with Crippen LogP contribution >= 0.6 is 23.3 Å². The smallest absolute Gasteiger partial charge is 0.347 e. The average Bonchev–Trinajstić information content (AvgIpc) is 3.54. The molecule has 1 aromatic heterocycles. The van der Waals surface area contributed by atoms with Gasteiger partial charge in [0.1, 0.15) is 17.5 Å². The summed E-state index contributed by atoms with van der Waals surface area (Å²) in [5, 5.41) is 5.96. The summed E-state index contributed by atoms with van der Waals surface area (Å²) in [7, 11) is 0. The molecule has 0 aromatic carbocycles. The average molecular weight is 551 g/mol. The van der Waals surface area contributed by atoms with Gasteiger partial charge in [-0.15, -0.1) is 11.8 Å². The van der Waals surface area contributed by atoms with Crippen LogP contribution in [0.15, 0.2) is 29.1 Å². The summed E-state index contributed by atoms with van der Waals surface area (Å²) in [4.78, 5) is 61.2. The van der Waals surface area contributed by atoms with E-state index in [-0.39, 0.29) is 40.2 Å². The van der Waals surface area contributed by atoms with E-state index < -0.39 is 41.3 Å². The number of β-lactam (4-membered cyclic amide) rings is 1. The van der Waals surface area contributed by atoms with Gasteiger partial charge in [0, 0.05) is 23.0 Å². The number of carbonyl (C=O) groups excluding carboxylic acids is 4. The van der Waals surface area contributed by atoms with Crippen molar-refractivity contribution in [2.75, 3.05) is 12.3 Å². The lowest BCUT2D eigenvalue weighted by Gasteiger charge is -2.48. The molecule has 1 aliphatic carbocycles. The third-order valence-electron chi connectivity index (χ3n) is 5.68. The van der Waals surface area contributed by atoms with Crippen LogP contribution in [0.5, 0.6) is 0 Å². The van der Waals surface area contributed by atoms with Crippen molar-refractivity contribution in [3.05, 3.63) is 29.7 Å². The zero-order valence-corrected chi connectivity index (χ0v) is 21.9. The van der Waals surface area contributed by atoms with Crippen molar-refractivity contribution < 1.29 is 33.5 Å². The lowest BCUT2D eigenvalue weighted by atomic mass is 10.1. The number of amides is 2. The number of nitrogen functional groups attached to an aromatic ring is 1. The predicted molar refractivity (Wildman–Crippen MR) is 134 cm³/mol. The number of nitrogens with two attached hydrogens (primary N) is 1. The maximum atomic E-state index is 13.1. The second-order valence-corrected chi connectivity index (χ2v) is 10.5. The van der Waals surface area contributed by atoms with E-state index in [0.29, 0.717) is 0 Å². The minimum absolute atomic E-state index is 0.00378. The van der Waals surface area contributed by atoms with Crippen molar-refractivity contribution >= 4 is 57.9 Å². The largest absolute Gasteiger partial charge is 0.463 e. The maximum absolute atomic E-state index is 13.1. The van der Waals surface area contributed by atoms with Gasteiger partial charge < -0.3 is 30.3 Å². The molecule has 3 heterocycles. The van der Waals surface area contributed by atoms with Gasteiger partial charge in [-0.3, -0.25) is 9.59 Å². The first-order chi connectivity index (χ1) is 17.7. The number of hydrogen-bond donors (Lipinski definition) is 2. The Morgan fingerprint density at radius 1 is 1.38 bits per heavy atom. The van der Waals surface area contributed by atoms with Crippen LogP contribution in [-0.4, -0.2) is 79.2 Å². The number of esters is 2. The van der Waals surface area contributed by atoms with Crippen molar-refractivity contribution in [1.29, 1.82) is 0 Å². The minimum Gasteiger partial charge on any atom is -0.463 e. The van der Waals surface area contributed by atoms with E-state index in [1.807, 2.05) is 12.2 Å². The van der Waals surface area contributed by atoms with Crippen LogP contribution in [-0.2, 0) is 33.5 Å². The summed E-state index contributed by atoms with van der Waals surface area (Å²) in [6.07, 6.45) is 5.41. The monoisotopic (exact) mass is 550 g/mol. The molecule has 0 saturated carbocycles. The fourth-order valence-corrected chi connectivity index (χ4v) is 5.52. The number of allylic oxidation sites excluding steroid dienone is 1. The van der Waals surface area contributed by atoms with Gasteiger partial charge in [-0.05, 0) is 39.7 Å². The van der Waals surface area contributed by atoms with E-state index in [2.05, 4.69) is 19.8 Å². The Labute approximate surface area is 220 Å². The number of carbonyl (C=O) groups is 4. The molecule has 0 radical (unpaired) electrons. The molecule has 3 N–H and O–H groups in total. The standard InChI is InChI=1S/C22H26N6O7S2/c1-4-33-20(31)10(2)34-21(32)13-9-28-18(30)15(19(28)36-11(13)3)24-17(29)14(16-25-22(23)37-27-16)26-35-12-7-5-6-8-12/h5,7,9-12,15,19H,4,6,8H2,1-3H3,(H,24,29)(H2,23,25,27)/t10?,11?,12?,15?,19-/m1/s1. The molecule has 4 rings (SSSR count). The van der Waals surface area contributed by atoms with E-state index in [4.69, 9.17) is 20.0 Å². The number of oxime groups is 1. The summed E-state index contributed by atoms with van der Waals surface area (Å²) < 4.78 is 14.1. The van der Waals surface area contributed by atoms with Gasteiger partial charge in [-0.1, -0.05) is 11.2 Å². The lowest BCUT2D eigenvalue weighted by molar-refractivity contribution is -0.164. The summed E-state index contributed by atoms with van der Waals surface area (Å²) in [6, 6.07) is -0.875. The number of ether oxygens (including phenoxy) is 2. The van der Waals surface area contributed by atoms with Crippen LogP contribution in [0.2, 0.25) is 0 Å². The van der Waals surface area contributed by atoms with Crippen LogP contribution in [0.3, 0.4) is 0 Å². The molecule has 0 bridgehead atoms. The molecular formula is C22H26N6O7S2. The highest BCUT2D eigenvalue weighted by Gasteiger charge is 2.52. The summed E-state index contributed by atoms with van der Waals surface area (Å²) >= 11 is 2.20. The number of fused-ring (bicyclic) bond motifs is 1. The summed E-state index contributed by atoms with van der Waals surface area (Å²) in [5.74, 6) is -2.50. The van der Waals surface area contributed by atoms with Crippen LogP contribution in [0, 0.1) is 0 Å². The molecule has 15 heteroatoms. The third-order valence-corrected chi connectivity index (χ3v) is 7.66. The molecule has 4 unspecified atom stereocenters. The van der Waals surface area contributed by atoms with Crippen molar-refractivity contribution in [2.24, 2.45) is 5.16 Å². The van der Waals surface area contributed by atoms with Crippen LogP contribution < -0.4 is 11.1 Å². The fourth-order valence-electron chi connectivity index (χ4n) is 3.73. The number of nitrogens with zero attached hydrogens (tertiary/aromatic N) is 4. The molecule has 5 atom stereocenters. The number of rotatable bonds is 9. The van der Waals surface area contributed by atoms with E-state index in [1.54, 1.807) is 13.8 Å². The van der Waals surface area contributed by atoms with Gasteiger partial charge in [0.15, 0.2) is 11.2 Å². The first kappa shape index (κ1) is 26.6. The second kappa shape index (κ2) is 11.3. The van der Waals surface area contributed by atoms with E-state index in [9.17, 15) is 19.2 Å². The van der Waals surface area contributed by atoms with Crippen molar-refractivity contribution in [1.82, 2.24) is 19.6 Å². The first-order valence-electron chi connectivity index (χ1n) is 11.6. The molecule has 37 heavy (non-hydrogen) atoms. The topological polar surface area (TPSA) is 175 Å². The van der Waals surface area contributed by atoms with Crippen molar-refractivity contribution in [2.45, 2.75) is 62.5 Å². The van der Waals surface area contributed by atoms with Gasteiger partial charge >= 0.3 is 11.9 Å². The maximum Gasteiger partial charge on any atom is 0.347 e. The molecule has 2 aliphatic heterocycles. The van der Waals surface area contributed by atoms with Crippen LogP contribution in [0.1, 0.15) is 39.4 Å². The highest BCUT2D eigenvalue weighted by molar-refractivity contribution is 8.00. The molecule has 1 fully saturated rings. The third kappa shape index (κ3) is 5.77. The minimum atomic E-state index is -1.09. The molecule has 13 nitrogen and oxygen atoms in total. The Bertz CT molecular complexity index is 1180. The molecule has 1 saturated heterocycles. The van der Waals surface area contributed by atoms with E-state index in [0.717, 1.165) is 24.4 Å². The van der Waals surface area contributed by atoms with Gasteiger partial charge in [-0.25, -0.2) is 9.59 Å². The first-order valence-corrected chi connectivity index (χ1v) is 13.3. The van der Waals surface area contributed by atoms with Gasteiger partial charge in [0.25, 0.3) is 11.8 Å². The molecular weight excluding hydrogens is 524 g/mol. The second-order valence-electron chi connectivity index (χ2n) is 8.30. The van der Waals surface area contributed by atoms with Crippen LogP contribution in [0.25, 0.3) is 0 Å².